The molecule has 0 heterocycles. The molecule has 0 aromatic heterocycles. The van der Waals surface area contributed by atoms with Crippen LogP contribution in [-0.4, -0.2) is 5.78 Å². The van der Waals surface area contributed by atoms with Crippen molar-refractivity contribution in [2.24, 2.45) is 5.41 Å². The van der Waals surface area contributed by atoms with Crippen molar-refractivity contribution in [1.29, 1.82) is 0 Å². The van der Waals surface area contributed by atoms with Crippen LogP contribution in [-0.2, 0) is 11.2 Å². The van der Waals surface area contributed by atoms with Gasteiger partial charge in [-0.15, -0.1) is 0 Å². The van der Waals surface area contributed by atoms with E-state index in [4.69, 9.17) is 0 Å². The molecule has 1 aromatic carbocycles. The van der Waals surface area contributed by atoms with Gasteiger partial charge in [0, 0.05) is 12.8 Å². The van der Waals surface area contributed by atoms with E-state index in [1.54, 1.807) is 0 Å². The van der Waals surface area contributed by atoms with E-state index in [2.05, 4.69) is 44.2 Å². The molecule has 0 aliphatic rings. The number of aryl methyl sites for hydroxylation is 1. The van der Waals surface area contributed by atoms with Crippen LogP contribution in [0.3, 0.4) is 0 Å². The fourth-order valence-corrected chi connectivity index (χ4v) is 4.39. The minimum absolute atomic E-state index is 0.168. The lowest BCUT2D eigenvalue weighted by Crippen LogP contribution is -2.22. The van der Waals surface area contributed by atoms with Gasteiger partial charge in [0.15, 0.2) is 0 Å². The highest BCUT2D eigenvalue weighted by Crippen LogP contribution is 2.35. The molecule has 1 unspecified atom stereocenters. The predicted octanol–water partition coefficient (Wildman–Crippen LogP) is 9.09. The van der Waals surface area contributed by atoms with Gasteiger partial charge < -0.3 is 0 Å². The first-order valence-electron chi connectivity index (χ1n) is 12.7. The summed E-state index contributed by atoms with van der Waals surface area (Å²) in [4.78, 5) is 12.2. The molecule has 1 rings (SSSR count). The number of benzene rings is 1. The SMILES string of the molecule is CCCCCCCCCCCCCCC(C)(CCc1ccccc1)CC(=O)CC. The molecule has 1 nitrogen and oxygen atoms in total. The molecule has 29 heavy (non-hydrogen) atoms. The van der Waals surface area contributed by atoms with Crippen LogP contribution in [0.15, 0.2) is 30.3 Å². The van der Waals surface area contributed by atoms with E-state index in [0.717, 1.165) is 19.3 Å². The first-order chi connectivity index (χ1) is 14.1. The Morgan fingerprint density at radius 2 is 1.24 bits per heavy atom. The van der Waals surface area contributed by atoms with Crippen molar-refractivity contribution < 1.29 is 4.79 Å². The summed E-state index contributed by atoms with van der Waals surface area (Å²) in [5.41, 5.74) is 1.57. The second kappa shape index (κ2) is 16.7. The highest BCUT2D eigenvalue weighted by Gasteiger charge is 2.26. The standard InChI is InChI=1S/C28H48O/c1-4-6-7-8-9-10-11-12-13-14-15-19-23-28(3,25-27(29)5-2)24-22-26-20-17-16-18-21-26/h16-18,20-21H,4-15,19,22-25H2,1-3H3. The third-order valence-electron chi connectivity index (χ3n) is 6.51. The van der Waals surface area contributed by atoms with Crippen molar-refractivity contribution in [2.75, 3.05) is 0 Å². The van der Waals surface area contributed by atoms with Crippen molar-refractivity contribution in [1.82, 2.24) is 0 Å². The number of unbranched alkanes of at least 4 members (excludes halogenated alkanes) is 11. The van der Waals surface area contributed by atoms with Crippen LogP contribution in [0.1, 0.15) is 129 Å². The summed E-state index contributed by atoms with van der Waals surface area (Å²) in [5, 5.41) is 0. The quantitative estimate of drug-likeness (QED) is 0.212. The van der Waals surface area contributed by atoms with E-state index >= 15 is 0 Å². The van der Waals surface area contributed by atoms with Gasteiger partial charge >= 0.3 is 0 Å². The lowest BCUT2D eigenvalue weighted by Gasteiger charge is -2.29. The Balaban J connectivity index is 2.19. The Labute approximate surface area is 182 Å². The fourth-order valence-electron chi connectivity index (χ4n) is 4.39. The summed E-state index contributed by atoms with van der Waals surface area (Å²) < 4.78 is 0. The summed E-state index contributed by atoms with van der Waals surface area (Å²) in [6.45, 7) is 6.64. The zero-order valence-corrected chi connectivity index (χ0v) is 19.8. The monoisotopic (exact) mass is 400 g/mol. The van der Waals surface area contributed by atoms with E-state index in [9.17, 15) is 4.79 Å². The summed E-state index contributed by atoms with van der Waals surface area (Å²) >= 11 is 0. The molecule has 0 aliphatic carbocycles. The van der Waals surface area contributed by atoms with Gasteiger partial charge in [-0.2, -0.15) is 0 Å². The molecule has 0 bridgehead atoms. The molecule has 0 N–H and O–H groups in total. The van der Waals surface area contributed by atoms with Crippen LogP contribution >= 0.6 is 0 Å². The van der Waals surface area contributed by atoms with E-state index in [1.165, 1.54) is 89.0 Å². The Bertz CT molecular complexity index is 506. The van der Waals surface area contributed by atoms with Crippen LogP contribution < -0.4 is 0 Å². The van der Waals surface area contributed by atoms with E-state index < -0.39 is 0 Å². The first kappa shape index (κ1) is 25.9. The maximum Gasteiger partial charge on any atom is 0.133 e. The Hall–Kier alpha value is -1.11. The summed E-state index contributed by atoms with van der Waals surface area (Å²) in [5.74, 6) is 0.430. The largest absolute Gasteiger partial charge is 0.300 e. The molecule has 0 amide bonds. The third kappa shape index (κ3) is 13.7. The van der Waals surface area contributed by atoms with Gasteiger partial charge in [0.1, 0.15) is 5.78 Å². The van der Waals surface area contributed by atoms with Crippen molar-refractivity contribution in [3.8, 4) is 0 Å². The van der Waals surface area contributed by atoms with Crippen LogP contribution in [0.25, 0.3) is 0 Å². The molecule has 0 spiro atoms. The van der Waals surface area contributed by atoms with Crippen molar-refractivity contribution >= 4 is 5.78 Å². The normalized spacial score (nSPS) is 13.3. The van der Waals surface area contributed by atoms with Gasteiger partial charge in [-0.05, 0) is 30.2 Å². The lowest BCUT2D eigenvalue weighted by atomic mass is 9.75. The van der Waals surface area contributed by atoms with E-state index in [-0.39, 0.29) is 5.41 Å². The van der Waals surface area contributed by atoms with Crippen molar-refractivity contribution in [3.05, 3.63) is 35.9 Å². The predicted molar refractivity (Wildman–Crippen MR) is 128 cm³/mol. The number of carbonyl (C=O) groups is 1. The molecule has 1 heteroatoms. The smallest absolute Gasteiger partial charge is 0.133 e. The molecule has 0 saturated carbocycles. The topological polar surface area (TPSA) is 17.1 Å². The first-order valence-corrected chi connectivity index (χ1v) is 12.7. The second-order valence-corrected chi connectivity index (χ2v) is 9.50. The molecule has 0 aliphatic heterocycles. The summed E-state index contributed by atoms with van der Waals surface area (Å²) in [6, 6.07) is 10.7. The van der Waals surface area contributed by atoms with Gasteiger partial charge in [0.25, 0.3) is 0 Å². The van der Waals surface area contributed by atoms with Crippen molar-refractivity contribution in [3.63, 3.8) is 0 Å². The molecule has 1 atom stereocenters. The average Bonchev–Trinajstić information content (AvgIpc) is 2.74. The lowest BCUT2D eigenvalue weighted by molar-refractivity contribution is -0.121. The minimum atomic E-state index is 0.168. The molecular weight excluding hydrogens is 352 g/mol. The zero-order chi connectivity index (χ0) is 21.2. The van der Waals surface area contributed by atoms with E-state index in [1.807, 2.05) is 6.92 Å². The molecular formula is C28H48O. The van der Waals surface area contributed by atoms with Crippen LogP contribution in [0.5, 0.6) is 0 Å². The zero-order valence-electron chi connectivity index (χ0n) is 19.8. The number of hydrogen-bond acceptors (Lipinski definition) is 1. The third-order valence-corrected chi connectivity index (χ3v) is 6.51. The van der Waals surface area contributed by atoms with Crippen LogP contribution in [0.4, 0.5) is 0 Å². The van der Waals surface area contributed by atoms with Gasteiger partial charge in [-0.3, -0.25) is 4.79 Å². The molecule has 0 radical (unpaired) electrons. The minimum Gasteiger partial charge on any atom is -0.300 e. The number of rotatable bonds is 19. The number of Topliss-reactive ketones (excluding diaryl/α,β-unsaturated/α-hetero) is 1. The molecule has 1 aromatic rings. The van der Waals surface area contributed by atoms with Crippen LogP contribution in [0, 0.1) is 5.41 Å². The fraction of sp³-hybridized carbons (Fsp3) is 0.750. The number of hydrogen-bond donors (Lipinski definition) is 0. The number of ketones is 1. The average molecular weight is 401 g/mol. The summed E-state index contributed by atoms with van der Waals surface area (Å²) in [6.07, 6.45) is 21.5. The van der Waals surface area contributed by atoms with Crippen LogP contribution in [0.2, 0.25) is 0 Å². The maximum atomic E-state index is 12.2. The van der Waals surface area contributed by atoms with Crippen molar-refractivity contribution in [2.45, 2.75) is 130 Å². The maximum absolute atomic E-state index is 12.2. The summed E-state index contributed by atoms with van der Waals surface area (Å²) in [7, 11) is 0. The van der Waals surface area contributed by atoms with E-state index in [0.29, 0.717) is 12.2 Å². The Morgan fingerprint density at radius 1 is 0.724 bits per heavy atom. The Morgan fingerprint density at radius 3 is 1.76 bits per heavy atom. The molecule has 0 fully saturated rings. The molecule has 166 valence electrons. The van der Waals surface area contributed by atoms with Gasteiger partial charge in [-0.1, -0.05) is 128 Å². The van der Waals surface area contributed by atoms with Gasteiger partial charge in [0.2, 0.25) is 0 Å². The second-order valence-electron chi connectivity index (χ2n) is 9.50. The van der Waals surface area contributed by atoms with Gasteiger partial charge in [0.05, 0.1) is 0 Å². The highest BCUT2D eigenvalue weighted by atomic mass is 16.1. The number of carbonyl (C=O) groups excluding carboxylic acids is 1. The van der Waals surface area contributed by atoms with Gasteiger partial charge in [-0.25, -0.2) is 0 Å². The Kier molecular flexibility index (Phi) is 14.9. The molecule has 0 saturated heterocycles. The highest BCUT2D eigenvalue weighted by molar-refractivity contribution is 5.78.